The highest BCUT2D eigenvalue weighted by molar-refractivity contribution is 7.99. The van der Waals surface area contributed by atoms with Crippen LogP contribution in [0.1, 0.15) is 35.9 Å². The molecule has 1 aliphatic heterocycles. The fourth-order valence-corrected chi connectivity index (χ4v) is 2.59. The van der Waals surface area contributed by atoms with Crippen LogP contribution in [0.25, 0.3) is 0 Å². The minimum atomic E-state index is -0.831. The summed E-state index contributed by atoms with van der Waals surface area (Å²) in [5.74, 6) is 2.07. The van der Waals surface area contributed by atoms with Gasteiger partial charge in [0.05, 0.1) is 5.25 Å². The smallest absolute Gasteiger partial charge is 0.256 e. The molecular formula is C8H13N3O2S. The van der Waals surface area contributed by atoms with Gasteiger partial charge in [-0.05, 0) is 18.6 Å². The number of hydrogen-bond donors (Lipinski definition) is 2. The second kappa shape index (κ2) is 4.29. The van der Waals surface area contributed by atoms with E-state index >= 15 is 0 Å². The molecule has 2 rings (SSSR count). The minimum Gasteiger partial charge on any atom is -0.382 e. The van der Waals surface area contributed by atoms with Gasteiger partial charge < -0.3 is 15.4 Å². The molecule has 0 aliphatic carbocycles. The van der Waals surface area contributed by atoms with E-state index in [1.54, 1.807) is 0 Å². The van der Waals surface area contributed by atoms with E-state index in [0.717, 1.165) is 12.2 Å². The molecular weight excluding hydrogens is 202 g/mol. The fraction of sp³-hybridized carbons (Fsp3) is 0.750. The minimum absolute atomic E-state index is 0.111. The summed E-state index contributed by atoms with van der Waals surface area (Å²) < 4.78 is 4.93. The van der Waals surface area contributed by atoms with Crippen LogP contribution in [0.3, 0.4) is 0 Å². The molecule has 1 unspecified atom stereocenters. The highest BCUT2D eigenvalue weighted by Gasteiger charge is 2.24. The predicted molar refractivity (Wildman–Crippen MR) is 52.7 cm³/mol. The second-order valence-electron chi connectivity index (χ2n) is 3.24. The van der Waals surface area contributed by atoms with Crippen molar-refractivity contribution in [3.05, 3.63) is 11.7 Å². The van der Waals surface area contributed by atoms with E-state index < -0.39 is 6.10 Å². The van der Waals surface area contributed by atoms with Gasteiger partial charge in [0, 0.05) is 6.54 Å². The van der Waals surface area contributed by atoms with Crippen molar-refractivity contribution >= 4 is 11.8 Å². The molecule has 0 spiro atoms. The molecule has 0 radical (unpaired) electrons. The van der Waals surface area contributed by atoms with Crippen LogP contribution in [0.4, 0.5) is 0 Å². The number of aliphatic hydroxyl groups is 1. The summed E-state index contributed by atoms with van der Waals surface area (Å²) in [6, 6.07) is 0. The van der Waals surface area contributed by atoms with E-state index in [1.165, 1.54) is 6.42 Å². The van der Waals surface area contributed by atoms with Crippen molar-refractivity contribution < 1.29 is 9.63 Å². The Labute approximate surface area is 86.1 Å². The summed E-state index contributed by atoms with van der Waals surface area (Å²) in [6.07, 6.45) is 1.45. The third-order valence-electron chi connectivity index (χ3n) is 2.18. The SMILES string of the molecule is NC[C@H](O)c1nc(C2CCCS2)no1. The lowest BCUT2D eigenvalue weighted by molar-refractivity contribution is 0.141. The van der Waals surface area contributed by atoms with Crippen LogP contribution in [-0.4, -0.2) is 27.5 Å². The molecule has 1 saturated heterocycles. The van der Waals surface area contributed by atoms with E-state index in [9.17, 15) is 5.11 Å². The zero-order valence-electron chi connectivity index (χ0n) is 7.72. The van der Waals surface area contributed by atoms with Gasteiger partial charge in [0.2, 0.25) is 0 Å². The van der Waals surface area contributed by atoms with Crippen molar-refractivity contribution in [2.45, 2.75) is 24.2 Å². The van der Waals surface area contributed by atoms with Crippen molar-refractivity contribution in [2.75, 3.05) is 12.3 Å². The van der Waals surface area contributed by atoms with Gasteiger partial charge in [-0.25, -0.2) is 0 Å². The molecule has 6 heteroatoms. The van der Waals surface area contributed by atoms with Crippen LogP contribution in [0.5, 0.6) is 0 Å². The zero-order chi connectivity index (χ0) is 9.97. The number of thioether (sulfide) groups is 1. The van der Waals surface area contributed by atoms with Crippen LogP contribution >= 0.6 is 11.8 Å². The van der Waals surface area contributed by atoms with Crippen LogP contribution in [0, 0.1) is 0 Å². The molecule has 14 heavy (non-hydrogen) atoms. The number of rotatable bonds is 3. The number of nitrogens with zero attached hydrogens (tertiary/aromatic N) is 2. The molecule has 1 fully saturated rings. The maximum atomic E-state index is 9.36. The van der Waals surface area contributed by atoms with Gasteiger partial charge in [-0.3, -0.25) is 0 Å². The summed E-state index contributed by atoms with van der Waals surface area (Å²) in [6.45, 7) is 0.111. The topological polar surface area (TPSA) is 85.2 Å². The molecule has 0 saturated carbocycles. The molecule has 2 heterocycles. The van der Waals surface area contributed by atoms with Crippen molar-refractivity contribution in [1.82, 2.24) is 10.1 Å². The maximum absolute atomic E-state index is 9.36. The summed E-state index contributed by atoms with van der Waals surface area (Å²) in [4.78, 5) is 4.13. The monoisotopic (exact) mass is 215 g/mol. The lowest BCUT2D eigenvalue weighted by Crippen LogP contribution is -2.11. The van der Waals surface area contributed by atoms with E-state index in [-0.39, 0.29) is 12.4 Å². The molecule has 0 bridgehead atoms. The molecule has 0 aromatic carbocycles. The van der Waals surface area contributed by atoms with Gasteiger partial charge in [0.25, 0.3) is 5.89 Å². The first-order chi connectivity index (χ1) is 6.81. The quantitative estimate of drug-likeness (QED) is 0.769. The molecule has 1 aliphatic rings. The Balaban J connectivity index is 2.08. The third kappa shape index (κ3) is 1.92. The predicted octanol–water partition coefficient (Wildman–Crippen LogP) is 0.630. The number of aromatic nitrogens is 2. The van der Waals surface area contributed by atoms with E-state index in [2.05, 4.69) is 10.1 Å². The van der Waals surface area contributed by atoms with Gasteiger partial charge in [-0.15, -0.1) is 0 Å². The van der Waals surface area contributed by atoms with Gasteiger partial charge >= 0.3 is 0 Å². The largest absolute Gasteiger partial charge is 0.382 e. The Kier molecular flexibility index (Phi) is 3.05. The molecule has 1 aromatic heterocycles. The summed E-state index contributed by atoms with van der Waals surface area (Å²) >= 11 is 1.83. The van der Waals surface area contributed by atoms with Gasteiger partial charge in [0.1, 0.15) is 6.10 Å². The standard InChI is InChI=1S/C8H13N3O2S/c9-4-5(12)8-10-7(11-13-8)6-2-1-3-14-6/h5-6,12H,1-4,9H2/t5-,6?/m0/s1. The summed E-state index contributed by atoms with van der Waals surface area (Å²) in [5, 5.41) is 13.5. The molecule has 0 amide bonds. The lowest BCUT2D eigenvalue weighted by Gasteiger charge is -2.00. The van der Waals surface area contributed by atoms with Crippen molar-refractivity contribution in [1.29, 1.82) is 0 Å². The zero-order valence-corrected chi connectivity index (χ0v) is 8.54. The van der Waals surface area contributed by atoms with Gasteiger partial charge in [-0.2, -0.15) is 16.7 Å². The lowest BCUT2D eigenvalue weighted by atomic mass is 10.2. The first-order valence-corrected chi connectivity index (χ1v) is 5.69. The number of aliphatic hydroxyl groups excluding tert-OH is 1. The number of hydrogen-bond acceptors (Lipinski definition) is 6. The van der Waals surface area contributed by atoms with Crippen molar-refractivity contribution in [3.8, 4) is 0 Å². The van der Waals surface area contributed by atoms with Crippen LogP contribution in [-0.2, 0) is 0 Å². The van der Waals surface area contributed by atoms with Crippen LogP contribution < -0.4 is 5.73 Å². The van der Waals surface area contributed by atoms with E-state index in [1.807, 2.05) is 11.8 Å². The highest BCUT2D eigenvalue weighted by Crippen LogP contribution is 2.38. The van der Waals surface area contributed by atoms with Gasteiger partial charge in [0.15, 0.2) is 5.82 Å². The van der Waals surface area contributed by atoms with Crippen LogP contribution in [0.2, 0.25) is 0 Å². The van der Waals surface area contributed by atoms with E-state index in [0.29, 0.717) is 11.1 Å². The first kappa shape index (κ1) is 9.95. The summed E-state index contributed by atoms with van der Waals surface area (Å²) in [7, 11) is 0. The maximum Gasteiger partial charge on any atom is 0.256 e. The average Bonchev–Trinajstić information content (AvgIpc) is 2.86. The molecule has 1 aromatic rings. The average molecular weight is 215 g/mol. The third-order valence-corrected chi connectivity index (χ3v) is 3.56. The van der Waals surface area contributed by atoms with Crippen LogP contribution in [0.15, 0.2) is 4.52 Å². The second-order valence-corrected chi connectivity index (χ2v) is 4.55. The Hall–Kier alpha value is -0.590. The first-order valence-electron chi connectivity index (χ1n) is 4.64. The van der Waals surface area contributed by atoms with Crippen molar-refractivity contribution in [2.24, 2.45) is 5.73 Å². The Morgan fingerprint density at radius 1 is 1.71 bits per heavy atom. The molecule has 5 nitrogen and oxygen atoms in total. The molecule has 3 N–H and O–H groups in total. The normalized spacial score (nSPS) is 24.0. The van der Waals surface area contributed by atoms with E-state index in [4.69, 9.17) is 10.3 Å². The van der Waals surface area contributed by atoms with Crippen molar-refractivity contribution in [3.63, 3.8) is 0 Å². The van der Waals surface area contributed by atoms with Gasteiger partial charge in [-0.1, -0.05) is 5.16 Å². The number of nitrogens with two attached hydrogens (primary N) is 1. The summed E-state index contributed by atoms with van der Waals surface area (Å²) in [5.41, 5.74) is 5.28. The Morgan fingerprint density at radius 2 is 2.57 bits per heavy atom. The fourth-order valence-electron chi connectivity index (χ4n) is 1.40. The Morgan fingerprint density at radius 3 is 3.21 bits per heavy atom. The Bertz CT molecular complexity index is 299. The molecule has 2 atom stereocenters. The highest BCUT2D eigenvalue weighted by atomic mass is 32.2. The molecule has 78 valence electrons.